The number of benzene rings is 1. The van der Waals surface area contributed by atoms with Gasteiger partial charge in [0.25, 0.3) is 5.56 Å². The van der Waals surface area contributed by atoms with Gasteiger partial charge in [-0.15, -0.1) is 0 Å². The molecule has 14 heteroatoms. The van der Waals surface area contributed by atoms with Crippen LogP contribution in [0.25, 0.3) is 11.2 Å². The van der Waals surface area contributed by atoms with Gasteiger partial charge in [0.15, 0.2) is 11.2 Å². The van der Waals surface area contributed by atoms with Crippen LogP contribution in [0.1, 0.15) is 24.6 Å². The van der Waals surface area contributed by atoms with Crippen LogP contribution >= 0.6 is 0 Å². The van der Waals surface area contributed by atoms with Gasteiger partial charge < -0.3 is 19.7 Å². The number of para-hydroxylation sites is 1. The molecule has 1 aliphatic rings. The molecule has 0 radical (unpaired) electrons. The van der Waals surface area contributed by atoms with Crippen molar-refractivity contribution in [1.29, 1.82) is 0 Å². The van der Waals surface area contributed by atoms with E-state index in [1.165, 1.54) is 10.9 Å². The van der Waals surface area contributed by atoms with Crippen molar-refractivity contribution < 1.29 is 29.3 Å². The van der Waals surface area contributed by atoms with Crippen molar-refractivity contribution in [2.45, 2.75) is 63.4 Å². The highest BCUT2D eigenvalue weighted by Crippen LogP contribution is 2.30. The van der Waals surface area contributed by atoms with Crippen LogP contribution in [0.15, 0.2) is 35.4 Å². The number of imidazole rings is 1. The number of aryl methyl sites for hydroxylation is 1. The molecule has 1 aromatic carbocycles. The van der Waals surface area contributed by atoms with Gasteiger partial charge in [-0.05, 0) is 24.1 Å². The normalized spacial score (nSPS) is 19.3. The number of ether oxygens (including phenoxy) is 2. The minimum atomic E-state index is -1.32. The summed E-state index contributed by atoms with van der Waals surface area (Å²) in [6, 6.07) is 8.01. The number of anilines is 2. The van der Waals surface area contributed by atoms with Crippen molar-refractivity contribution in [3.05, 3.63) is 46.5 Å². The van der Waals surface area contributed by atoms with E-state index in [4.69, 9.17) is 9.47 Å². The van der Waals surface area contributed by atoms with E-state index >= 15 is 0 Å². The van der Waals surface area contributed by atoms with Gasteiger partial charge in [0.2, 0.25) is 11.9 Å². The molecule has 1 fully saturated rings. The molecular formula is C25H34N6O7Si. The first-order valence-electron chi connectivity index (χ1n) is 12.8. The number of aliphatic hydroxyl groups excluding tert-OH is 2. The Morgan fingerprint density at radius 3 is 2.74 bits per heavy atom. The second kappa shape index (κ2) is 12.1. The SMILES string of the molecule is C[Si](C)(C)CCOC(=O)Nc1ccccc1CCC(=O)Nc1nc2c(ncn2[C@H]2C[C@H](O)[C@@H](CO)O2)c(=O)[nH]1. The topological polar surface area (TPSA) is 181 Å². The Labute approximate surface area is 225 Å². The van der Waals surface area contributed by atoms with Crippen LogP contribution in [0.4, 0.5) is 16.4 Å². The van der Waals surface area contributed by atoms with E-state index in [2.05, 4.69) is 45.2 Å². The van der Waals surface area contributed by atoms with Crippen LogP contribution < -0.4 is 16.2 Å². The quantitative estimate of drug-likeness (QED) is 0.233. The number of nitrogens with zero attached hydrogens (tertiary/aromatic N) is 3. The number of carbonyl (C=O) groups is 2. The molecule has 39 heavy (non-hydrogen) atoms. The van der Waals surface area contributed by atoms with Crippen LogP contribution in [-0.4, -0.2) is 75.2 Å². The summed E-state index contributed by atoms with van der Waals surface area (Å²) in [6.07, 6.45) is -0.909. The number of hydrogen-bond donors (Lipinski definition) is 5. The lowest BCUT2D eigenvalue weighted by Crippen LogP contribution is -2.24. The lowest BCUT2D eigenvalue weighted by Gasteiger charge is -2.16. The number of fused-ring (bicyclic) bond motifs is 1. The second-order valence-electron chi connectivity index (χ2n) is 10.6. The highest BCUT2D eigenvalue weighted by Gasteiger charge is 2.35. The molecule has 4 rings (SSSR count). The van der Waals surface area contributed by atoms with Crippen molar-refractivity contribution >= 4 is 42.9 Å². The van der Waals surface area contributed by atoms with E-state index in [9.17, 15) is 24.6 Å². The number of aromatic amines is 1. The van der Waals surface area contributed by atoms with Gasteiger partial charge in [-0.1, -0.05) is 37.8 Å². The fraction of sp³-hybridized carbons (Fsp3) is 0.480. The van der Waals surface area contributed by atoms with Crippen molar-refractivity contribution in [2.75, 3.05) is 23.8 Å². The summed E-state index contributed by atoms with van der Waals surface area (Å²) in [5.74, 6) is -0.460. The molecule has 3 atom stereocenters. The van der Waals surface area contributed by atoms with E-state index in [0.29, 0.717) is 18.7 Å². The fourth-order valence-corrected chi connectivity index (χ4v) is 4.86. The number of carbonyl (C=O) groups excluding carboxylic acids is 2. The Bertz CT molecular complexity index is 1390. The van der Waals surface area contributed by atoms with Crippen LogP contribution in [0, 0.1) is 0 Å². The maximum atomic E-state index is 12.7. The van der Waals surface area contributed by atoms with Gasteiger partial charge >= 0.3 is 6.09 Å². The monoisotopic (exact) mass is 558 g/mol. The maximum Gasteiger partial charge on any atom is 0.411 e. The molecule has 0 saturated carbocycles. The second-order valence-corrected chi connectivity index (χ2v) is 16.3. The molecule has 0 aliphatic carbocycles. The Balaban J connectivity index is 1.38. The first-order valence-corrected chi connectivity index (χ1v) is 16.5. The van der Waals surface area contributed by atoms with E-state index in [0.717, 1.165) is 11.6 Å². The molecule has 2 aromatic heterocycles. The molecule has 3 aromatic rings. The summed E-state index contributed by atoms with van der Waals surface area (Å²) in [7, 11) is -1.32. The number of nitrogens with one attached hydrogen (secondary N) is 3. The van der Waals surface area contributed by atoms with E-state index in [-0.39, 0.29) is 36.6 Å². The highest BCUT2D eigenvalue weighted by molar-refractivity contribution is 6.76. The van der Waals surface area contributed by atoms with Crippen molar-refractivity contribution in [3.8, 4) is 0 Å². The molecule has 1 saturated heterocycles. The van der Waals surface area contributed by atoms with Gasteiger partial charge in [0.05, 0.1) is 25.6 Å². The van der Waals surface area contributed by atoms with Crippen LogP contribution in [0.5, 0.6) is 0 Å². The van der Waals surface area contributed by atoms with E-state index in [1.807, 2.05) is 12.1 Å². The van der Waals surface area contributed by atoms with E-state index in [1.54, 1.807) is 12.1 Å². The van der Waals surface area contributed by atoms with Gasteiger partial charge in [0.1, 0.15) is 12.3 Å². The smallest absolute Gasteiger partial charge is 0.411 e. The molecule has 0 unspecified atom stereocenters. The number of rotatable bonds is 10. The number of hydrogen-bond acceptors (Lipinski definition) is 9. The molecule has 2 amide bonds. The molecular weight excluding hydrogens is 524 g/mol. The fourth-order valence-electron chi connectivity index (χ4n) is 4.15. The molecule has 5 N–H and O–H groups in total. The number of aromatic nitrogens is 4. The Kier molecular flexibility index (Phi) is 8.79. The van der Waals surface area contributed by atoms with Gasteiger partial charge in [-0.2, -0.15) is 4.98 Å². The summed E-state index contributed by atoms with van der Waals surface area (Å²) in [6.45, 7) is 6.62. The predicted octanol–water partition coefficient (Wildman–Crippen LogP) is 2.22. The Hall–Kier alpha value is -3.59. The lowest BCUT2D eigenvalue weighted by molar-refractivity contribution is -0.116. The zero-order chi connectivity index (χ0) is 28.2. The zero-order valence-electron chi connectivity index (χ0n) is 22.1. The largest absolute Gasteiger partial charge is 0.450 e. The standard InChI is InChI=1S/C25H34N6O7Si/c1-39(2,3)11-10-37-25(36)27-16-7-5-4-6-15(16)8-9-19(34)28-24-29-22-21(23(35)30-24)26-14-31(22)20-12-17(33)18(13-32)38-20/h4-7,14,17-18,20,32-33H,8-13H2,1-3H3,(H,27,36)(H2,28,29,30,34,35)/t17-,18+,20+/m0/s1. The van der Waals surface area contributed by atoms with Crippen LogP contribution in [0.2, 0.25) is 25.7 Å². The van der Waals surface area contributed by atoms with Gasteiger partial charge in [0, 0.05) is 26.6 Å². The third kappa shape index (κ3) is 7.29. The molecule has 3 heterocycles. The van der Waals surface area contributed by atoms with Crippen molar-refractivity contribution in [2.24, 2.45) is 0 Å². The van der Waals surface area contributed by atoms with Gasteiger partial charge in [-0.3, -0.25) is 29.8 Å². The summed E-state index contributed by atoms with van der Waals surface area (Å²) in [4.78, 5) is 48.4. The minimum absolute atomic E-state index is 0.0512. The molecule has 1 aliphatic heterocycles. The Morgan fingerprint density at radius 2 is 2.03 bits per heavy atom. The maximum absolute atomic E-state index is 12.7. The minimum Gasteiger partial charge on any atom is -0.450 e. The average molecular weight is 559 g/mol. The van der Waals surface area contributed by atoms with Crippen molar-refractivity contribution in [3.63, 3.8) is 0 Å². The zero-order valence-corrected chi connectivity index (χ0v) is 23.1. The third-order valence-electron chi connectivity index (χ3n) is 6.35. The van der Waals surface area contributed by atoms with Gasteiger partial charge in [-0.25, -0.2) is 9.78 Å². The summed E-state index contributed by atoms with van der Waals surface area (Å²) >= 11 is 0. The summed E-state index contributed by atoms with van der Waals surface area (Å²) in [5.41, 5.74) is 0.982. The molecule has 0 spiro atoms. The summed E-state index contributed by atoms with van der Waals surface area (Å²) in [5, 5.41) is 24.8. The first kappa shape index (κ1) is 28.4. The number of aliphatic hydroxyl groups is 2. The predicted molar refractivity (Wildman–Crippen MR) is 146 cm³/mol. The highest BCUT2D eigenvalue weighted by atomic mass is 28.3. The molecule has 13 nitrogen and oxygen atoms in total. The van der Waals surface area contributed by atoms with E-state index < -0.39 is 44.1 Å². The lowest BCUT2D eigenvalue weighted by atomic mass is 10.1. The number of H-pyrrole nitrogens is 1. The summed E-state index contributed by atoms with van der Waals surface area (Å²) < 4.78 is 12.4. The number of amides is 2. The molecule has 210 valence electrons. The van der Waals surface area contributed by atoms with Crippen LogP contribution in [0.3, 0.4) is 0 Å². The average Bonchev–Trinajstić information content (AvgIpc) is 3.46. The van der Waals surface area contributed by atoms with Crippen molar-refractivity contribution in [1.82, 2.24) is 19.5 Å². The van der Waals surface area contributed by atoms with Crippen LogP contribution in [-0.2, 0) is 20.7 Å². The Morgan fingerprint density at radius 1 is 1.26 bits per heavy atom. The molecule has 0 bridgehead atoms. The first-order chi connectivity index (χ1) is 18.5. The third-order valence-corrected chi connectivity index (χ3v) is 8.05.